The molecule has 0 fully saturated rings. The fraction of sp³-hybridized carbons (Fsp3) is 0.571. The van der Waals surface area contributed by atoms with Gasteiger partial charge in [0.25, 0.3) is 0 Å². The van der Waals surface area contributed by atoms with Crippen molar-refractivity contribution in [1.29, 1.82) is 0 Å². The van der Waals surface area contributed by atoms with Gasteiger partial charge in [-0.3, -0.25) is 0 Å². The molecule has 1 aliphatic rings. The van der Waals surface area contributed by atoms with Crippen LogP contribution in [0.25, 0.3) is 0 Å². The van der Waals surface area contributed by atoms with Gasteiger partial charge in [0, 0.05) is 24.1 Å². The fourth-order valence-corrected chi connectivity index (χ4v) is 2.30. The standard InChI is InChI=1S/C14H21NO2/c1-3-4-5-11-8-13(15)12-7-6-10(16-2)9-14(12)17-11/h6-7,9,11,13H,3-5,8,15H2,1-2H3/t11?,13-/m0/s1. The predicted octanol–water partition coefficient (Wildman–Crippen LogP) is 3.04. The highest BCUT2D eigenvalue weighted by Gasteiger charge is 2.25. The smallest absolute Gasteiger partial charge is 0.128 e. The molecule has 2 atom stereocenters. The van der Waals surface area contributed by atoms with Crippen LogP contribution in [0.4, 0.5) is 0 Å². The number of methoxy groups -OCH3 is 1. The zero-order valence-corrected chi connectivity index (χ0v) is 10.6. The van der Waals surface area contributed by atoms with Gasteiger partial charge in [0.1, 0.15) is 17.6 Å². The van der Waals surface area contributed by atoms with Crippen LogP contribution in [0, 0.1) is 0 Å². The van der Waals surface area contributed by atoms with Crippen molar-refractivity contribution >= 4 is 0 Å². The minimum absolute atomic E-state index is 0.0894. The van der Waals surface area contributed by atoms with Crippen LogP contribution >= 0.6 is 0 Å². The first kappa shape index (κ1) is 12.2. The summed E-state index contributed by atoms with van der Waals surface area (Å²) >= 11 is 0. The number of nitrogens with two attached hydrogens (primary N) is 1. The highest BCUT2D eigenvalue weighted by molar-refractivity contribution is 5.43. The Bertz CT molecular complexity index is 378. The van der Waals surface area contributed by atoms with E-state index in [9.17, 15) is 0 Å². The normalized spacial score (nSPS) is 22.8. The topological polar surface area (TPSA) is 44.5 Å². The van der Waals surface area contributed by atoms with Gasteiger partial charge in [-0.25, -0.2) is 0 Å². The molecular weight excluding hydrogens is 214 g/mol. The van der Waals surface area contributed by atoms with Crippen LogP contribution in [0.2, 0.25) is 0 Å². The third-order valence-electron chi connectivity index (χ3n) is 3.31. The number of fused-ring (bicyclic) bond motifs is 1. The van der Waals surface area contributed by atoms with E-state index in [4.69, 9.17) is 15.2 Å². The maximum Gasteiger partial charge on any atom is 0.128 e. The number of benzene rings is 1. The number of unbranched alkanes of at least 4 members (excludes halogenated alkanes) is 1. The molecule has 2 rings (SSSR count). The van der Waals surface area contributed by atoms with Crippen molar-refractivity contribution in [2.24, 2.45) is 5.73 Å². The molecule has 3 heteroatoms. The third kappa shape index (κ3) is 2.72. The lowest BCUT2D eigenvalue weighted by Gasteiger charge is -2.30. The summed E-state index contributed by atoms with van der Waals surface area (Å²) in [5, 5.41) is 0. The average Bonchev–Trinajstić information content (AvgIpc) is 2.35. The molecule has 2 N–H and O–H groups in total. The number of hydrogen-bond donors (Lipinski definition) is 1. The highest BCUT2D eigenvalue weighted by atomic mass is 16.5. The summed E-state index contributed by atoms with van der Waals surface area (Å²) in [6.07, 6.45) is 4.64. The lowest BCUT2D eigenvalue weighted by molar-refractivity contribution is 0.147. The van der Waals surface area contributed by atoms with Gasteiger partial charge in [0.2, 0.25) is 0 Å². The summed E-state index contributed by atoms with van der Waals surface area (Å²) in [6.45, 7) is 2.19. The lowest BCUT2D eigenvalue weighted by atomic mass is 9.95. The quantitative estimate of drug-likeness (QED) is 0.872. The van der Waals surface area contributed by atoms with Crippen molar-refractivity contribution < 1.29 is 9.47 Å². The monoisotopic (exact) mass is 235 g/mol. The minimum Gasteiger partial charge on any atom is -0.497 e. The Hall–Kier alpha value is -1.22. The van der Waals surface area contributed by atoms with Crippen LogP contribution in [0.3, 0.4) is 0 Å². The van der Waals surface area contributed by atoms with E-state index in [1.807, 2.05) is 18.2 Å². The molecule has 1 aromatic rings. The van der Waals surface area contributed by atoms with E-state index in [1.54, 1.807) is 7.11 Å². The van der Waals surface area contributed by atoms with Crippen LogP contribution < -0.4 is 15.2 Å². The van der Waals surface area contributed by atoms with Gasteiger partial charge in [0.15, 0.2) is 0 Å². The Kier molecular flexibility index (Phi) is 3.89. The van der Waals surface area contributed by atoms with Crippen LogP contribution in [-0.4, -0.2) is 13.2 Å². The lowest BCUT2D eigenvalue weighted by Crippen LogP contribution is -2.29. The summed E-state index contributed by atoms with van der Waals surface area (Å²) in [4.78, 5) is 0. The molecule has 1 aliphatic heterocycles. The van der Waals surface area contributed by atoms with E-state index < -0.39 is 0 Å². The van der Waals surface area contributed by atoms with Crippen LogP contribution in [0.5, 0.6) is 11.5 Å². The molecule has 1 unspecified atom stereocenters. The Morgan fingerprint density at radius 1 is 1.47 bits per heavy atom. The molecule has 0 amide bonds. The molecule has 1 aromatic carbocycles. The second kappa shape index (κ2) is 5.41. The molecule has 94 valence electrons. The molecule has 0 bridgehead atoms. The Balaban J connectivity index is 2.15. The summed E-state index contributed by atoms with van der Waals surface area (Å²) < 4.78 is 11.2. The van der Waals surface area contributed by atoms with Crippen molar-refractivity contribution in [1.82, 2.24) is 0 Å². The zero-order chi connectivity index (χ0) is 12.3. The van der Waals surface area contributed by atoms with Gasteiger partial charge >= 0.3 is 0 Å². The van der Waals surface area contributed by atoms with Crippen molar-refractivity contribution in [3.05, 3.63) is 23.8 Å². The second-order valence-electron chi connectivity index (χ2n) is 4.63. The van der Waals surface area contributed by atoms with Crippen LogP contribution in [0.15, 0.2) is 18.2 Å². The van der Waals surface area contributed by atoms with Crippen LogP contribution in [0.1, 0.15) is 44.2 Å². The summed E-state index contributed by atoms with van der Waals surface area (Å²) in [5.74, 6) is 1.72. The van der Waals surface area contributed by atoms with E-state index in [1.165, 1.54) is 12.8 Å². The molecule has 17 heavy (non-hydrogen) atoms. The molecule has 0 aliphatic carbocycles. The number of rotatable bonds is 4. The molecule has 0 radical (unpaired) electrons. The molecule has 0 spiro atoms. The second-order valence-corrected chi connectivity index (χ2v) is 4.63. The molecule has 1 heterocycles. The minimum atomic E-state index is 0.0894. The Morgan fingerprint density at radius 2 is 2.29 bits per heavy atom. The zero-order valence-electron chi connectivity index (χ0n) is 10.6. The van der Waals surface area contributed by atoms with Gasteiger partial charge in [-0.15, -0.1) is 0 Å². The Morgan fingerprint density at radius 3 is 3.00 bits per heavy atom. The van der Waals surface area contributed by atoms with E-state index in [2.05, 4.69) is 6.92 Å². The summed E-state index contributed by atoms with van der Waals surface area (Å²) in [6, 6.07) is 5.97. The van der Waals surface area contributed by atoms with Crippen molar-refractivity contribution in [3.63, 3.8) is 0 Å². The van der Waals surface area contributed by atoms with Gasteiger partial charge in [-0.2, -0.15) is 0 Å². The van der Waals surface area contributed by atoms with Gasteiger partial charge < -0.3 is 15.2 Å². The molecular formula is C14H21NO2. The first-order valence-corrected chi connectivity index (χ1v) is 6.34. The first-order valence-electron chi connectivity index (χ1n) is 6.34. The predicted molar refractivity (Wildman–Crippen MR) is 68.5 cm³/mol. The fourth-order valence-electron chi connectivity index (χ4n) is 2.30. The maximum absolute atomic E-state index is 6.18. The summed E-state index contributed by atoms with van der Waals surface area (Å²) in [7, 11) is 1.67. The van der Waals surface area contributed by atoms with Gasteiger partial charge in [-0.05, 0) is 12.5 Å². The molecule has 0 saturated carbocycles. The van der Waals surface area contributed by atoms with Gasteiger partial charge in [0.05, 0.1) is 7.11 Å². The SMILES string of the molecule is CCCCC1C[C@H](N)c2ccc(OC)cc2O1. The number of hydrogen-bond acceptors (Lipinski definition) is 3. The van der Waals surface area contributed by atoms with Crippen molar-refractivity contribution in [3.8, 4) is 11.5 Å². The highest BCUT2D eigenvalue weighted by Crippen LogP contribution is 2.37. The first-order chi connectivity index (χ1) is 8.24. The van der Waals surface area contributed by atoms with E-state index >= 15 is 0 Å². The van der Waals surface area contributed by atoms with E-state index in [-0.39, 0.29) is 12.1 Å². The molecule has 0 aromatic heterocycles. The number of ether oxygens (including phenoxy) is 2. The Labute approximate surface area is 103 Å². The van der Waals surface area contributed by atoms with Crippen molar-refractivity contribution in [2.75, 3.05) is 7.11 Å². The van der Waals surface area contributed by atoms with Crippen LogP contribution in [-0.2, 0) is 0 Å². The largest absolute Gasteiger partial charge is 0.497 e. The van der Waals surface area contributed by atoms with Crippen molar-refractivity contribution in [2.45, 2.75) is 44.8 Å². The van der Waals surface area contributed by atoms with E-state index in [0.717, 1.165) is 29.9 Å². The third-order valence-corrected chi connectivity index (χ3v) is 3.31. The summed E-state index contributed by atoms with van der Waals surface area (Å²) in [5.41, 5.74) is 7.28. The van der Waals surface area contributed by atoms with E-state index in [0.29, 0.717) is 0 Å². The average molecular weight is 235 g/mol. The van der Waals surface area contributed by atoms with Gasteiger partial charge in [-0.1, -0.05) is 25.8 Å². The maximum atomic E-state index is 6.18. The molecule has 3 nitrogen and oxygen atoms in total. The molecule has 0 saturated heterocycles.